The Hall–Kier alpha value is -1.07. The Bertz CT molecular complexity index is 452. The number of benzene rings is 1. The fourth-order valence-electron chi connectivity index (χ4n) is 1.39. The first kappa shape index (κ1) is 10.4. The van der Waals surface area contributed by atoms with Gasteiger partial charge in [-0.15, -0.1) is 0 Å². The predicted octanol–water partition coefficient (Wildman–Crippen LogP) is 1.17. The Kier molecular flexibility index (Phi) is 2.67. The van der Waals surface area contributed by atoms with E-state index in [4.69, 9.17) is 0 Å². The SMILES string of the molecule is CNc1ccccc1S(=O)(=O)NC1CC1. The molecule has 2 N–H and O–H groups in total. The molecule has 1 aromatic rings. The second kappa shape index (κ2) is 3.83. The van der Waals surface area contributed by atoms with Crippen molar-refractivity contribution in [2.45, 2.75) is 23.8 Å². The van der Waals surface area contributed by atoms with E-state index < -0.39 is 10.0 Å². The largest absolute Gasteiger partial charge is 0.387 e. The molecular weight excluding hydrogens is 212 g/mol. The molecule has 1 aliphatic rings. The van der Waals surface area contributed by atoms with Crippen molar-refractivity contribution in [2.24, 2.45) is 0 Å². The maximum Gasteiger partial charge on any atom is 0.242 e. The Labute approximate surface area is 89.7 Å². The summed E-state index contributed by atoms with van der Waals surface area (Å²) in [6.07, 6.45) is 1.89. The molecule has 0 unspecified atom stereocenters. The van der Waals surface area contributed by atoms with Gasteiger partial charge in [-0.3, -0.25) is 0 Å². The van der Waals surface area contributed by atoms with E-state index in [-0.39, 0.29) is 6.04 Å². The minimum absolute atomic E-state index is 0.139. The average molecular weight is 226 g/mol. The van der Waals surface area contributed by atoms with E-state index >= 15 is 0 Å². The second-order valence-electron chi connectivity index (χ2n) is 3.64. The van der Waals surface area contributed by atoms with E-state index in [1.165, 1.54) is 0 Å². The summed E-state index contributed by atoms with van der Waals surface area (Å²) in [5.41, 5.74) is 0.630. The molecule has 1 fully saturated rings. The molecule has 0 atom stereocenters. The number of nitrogens with one attached hydrogen (secondary N) is 2. The van der Waals surface area contributed by atoms with Crippen LogP contribution >= 0.6 is 0 Å². The topological polar surface area (TPSA) is 58.2 Å². The van der Waals surface area contributed by atoms with Crippen LogP contribution < -0.4 is 10.0 Å². The normalized spacial score (nSPS) is 16.3. The highest BCUT2D eigenvalue weighted by Crippen LogP contribution is 2.25. The minimum Gasteiger partial charge on any atom is -0.387 e. The van der Waals surface area contributed by atoms with E-state index in [0.717, 1.165) is 12.8 Å². The molecule has 0 amide bonds. The van der Waals surface area contributed by atoms with Gasteiger partial charge >= 0.3 is 0 Å². The fraction of sp³-hybridized carbons (Fsp3) is 0.400. The van der Waals surface area contributed by atoms with Gasteiger partial charge in [-0.1, -0.05) is 12.1 Å². The zero-order valence-electron chi connectivity index (χ0n) is 8.53. The molecule has 0 saturated heterocycles. The van der Waals surface area contributed by atoms with E-state index in [0.29, 0.717) is 10.6 Å². The molecule has 1 aromatic carbocycles. The molecule has 5 heteroatoms. The number of hydrogen-bond donors (Lipinski definition) is 2. The van der Waals surface area contributed by atoms with Crippen LogP contribution in [0.2, 0.25) is 0 Å². The molecule has 1 aliphatic carbocycles. The first-order chi connectivity index (χ1) is 7.13. The molecular formula is C10H14N2O2S. The molecule has 0 aliphatic heterocycles. The Morgan fingerprint density at radius 3 is 2.53 bits per heavy atom. The maximum atomic E-state index is 11.9. The molecule has 1 saturated carbocycles. The summed E-state index contributed by atoms with van der Waals surface area (Å²) in [7, 11) is -1.64. The Morgan fingerprint density at radius 2 is 1.93 bits per heavy atom. The van der Waals surface area contributed by atoms with Gasteiger partial charge in [0.15, 0.2) is 0 Å². The van der Waals surface area contributed by atoms with Crippen molar-refractivity contribution >= 4 is 15.7 Å². The quantitative estimate of drug-likeness (QED) is 0.810. The zero-order valence-corrected chi connectivity index (χ0v) is 9.34. The highest BCUT2D eigenvalue weighted by molar-refractivity contribution is 7.89. The van der Waals surface area contributed by atoms with Crippen LogP contribution in [0.1, 0.15) is 12.8 Å². The summed E-state index contributed by atoms with van der Waals surface area (Å²) in [6.45, 7) is 0. The second-order valence-corrected chi connectivity index (χ2v) is 5.32. The van der Waals surface area contributed by atoms with Crippen LogP contribution in [0, 0.1) is 0 Å². The number of sulfonamides is 1. The lowest BCUT2D eigenvalue weighted by Gasteiger charge is -2.10. The molecule has 0 aromatic heterocycles. The number of para-hydroxylation sites is 1. The van der Waals surface area contributed by atoms with Gasteiger partial charge in [0.25, 0.3) is 0 Å². The molecule has 82 valence electrons. The average Bonchev–Trinajstić information content (AvgIpc) is 3.01. The molecule has 0 bridgehead atoms. The lowest BCUT2D eigenvalue weighted by Crippen LogP contribution is -2.26. The van der Waals surface area contributed by atoms with Crippen molar-refractivity contribution in [3.63, 3.8) is 0 Å². The van der Waals surface area contributed by atoms with Gasteiger partial charge in [0, 0.05) is 13.1 Å². The van der Waals surface area contributed by atoms with Crippen molar-refractivity contribution in [1.29, 1.82) is 0 Å². The van der Waals surface area contributed by atoms with Crippen LogP contribution in [0.15, 0.2) is 29.2 Å². The number of anilines is 1. The molecule has 4 nitrogen and oxygen atoms in total. The smallest absolute Gasteiger partial charge is 0.242 e. The Morgan fingerprint density at radius 1 is 1.27 bits per heavy atom. The fourth-order valence-corrected chi connectivity index (χ4v) is 2.91. The van der Waals surface area contributed by atoms with Crippen LogP contribution in [0.25, 0.3) is 0 Å². The van der Waals surface area contributed by atoms with Gasteiger partial charge in [0.1, 0.15) is 4.90 Å². The summed E-state index contributed by atoms with van der Waals surface area (Å²) in [5.74, 6) is 0. The van der Waals surface area contributed by atoms with Crippen LogP contribution in [0.3, 0.4) is 0 Å². The van der Waals surface area contributed by atoms with Crippen LogP contribution in [-0.4, -0.2) is 21.5 Å². The van der Waals surface area contributed by atoms with Gasteiger partial charge in [-0.05, 0) is 25.0 Å². The van der Waals surface area contributed by atoms with Crippen LogP contribution in [-0.2, 0) is 10.0 Å². The van der Waals surface area contributed by atoms with Crippen LogP contribution in [0.5, 0.6) is 0 Å². The van der Waals surface area contributed by atoms with Gasteiger partial charge in [0.2, 0.25) is 10.0 Å². The first-order valence-corrected chi connectivity index (χ1v) is 6.41. The van der Waals surface area contributed by atoms with Gasteiger partial charge in [-0.25, -0.2) is 13.1 Å². The van der Waals surface area contributed by atoms with Gasteiger partial charge in [0.05, 0.1) is 5.69 Å². The Balaban J connectivity index is 2.34. The monoisotopic (exact) mass is 226 g/mol. The van der Waals surface area contributed by atoms with Crippen molar-refractivity contribution < 1.29 is 8.42 Å². The minimum atomic E-state index is -3.35. The van der Waals surface area contributed by atoms with Crippen molar-refractivity contribution in [1.82, 2.24) is 4.72 Å². The zero-order chi connectivity index (χ0) is 10.9. The lowest BCUT2D eigenvalue weighted by atomic mass is 10.3. The summed E-state index contributed by atoms with van der Waals surface area (Å²) >= 11 is 0. The van der Waals surface area contributed by atoms with Gasteiger partial charge in [-0.2, -0.15) is 0 Å². The van der Waals surface area contributed by atoms with E-state index in [1.807, 2.05) is 6.07 Å². The van der Waals surface area contributed by atoms with Crippen molar-refractivity contribution in [3.05, 3.63) is 24.3 Å². The summed E-state index contributed by atoms with van der Waals surface area (Å²) in [6, 6.07) is 7.03. The third-order valence-electron chi connectivity index (χ3n) is 2.35. The van der Waals surface area contributed by atoms with E-state index in [1.54, 1.807) is 25.2 Å². The van der Waals surface area contributed by atoms with E-state index in [2.05, 4.69) is 10.0 Å². The first-order valence-electron chi connectivity index (χ1n) is 4.92. The highest BCUT2D eigenvalue weighted by Gasteiger charge is 2.28. The summed E-state index contributed by atoms with van der Waals surface area (Å²) in [5, 5.41) is 2.88. The number of hydrogen-bond acceptors (Lipinski definition) is 3. The predicted molar refractivity (Wildman–Crippen MR) is 59.3 cm³/mol. The standard InChI is InChI=1S/C10H14N2O2S/c1-11-9-4-2-3-5-10(9)15(13,14)12-8-6-7-8/h2-5,8,11-12H,6-7H2,1H3. The maximum absolute atomic E-state index is 11.9. The summed E-state index contributed by atoms with van der Waals surface area (Å²) < 4.78 is 26.5. The third kappa shape index (κ3) is 2.30. The van der Waals surface area contributed by atoms with Crippen molar-refractivity contribution in [2.75, 3.05) is 12.4 Å². The third-order valence-corrected chi connectivity index (χ3v) is 3.92. The molecule has 2 rings (SSSR count). The van der Waals surface area contributed by atoms with E-state index in [9.17, 15) is 8.42 Å². The molecule has 0 radical (unpaired) electrons. The summed E-state index contributed by atoms with van der Waals surface area (Å²) in [4.78, 5) is 0.319. The molecule has 15 heavy (non-hydrogen) atoms. The van der Waals surface area contributed by atoms with Gasteiger partial charge < -0.3 is 5.32 Å². The highest BCUT2D eigenvalue weighted by atomic mass is 32.2. The van der Waals surface area contributed by atoms with Crippen molar-refractivity contribution in [3.8, 4) is 0 Å². The number of rotatable bonds is 4. The lowest BCUT2D eigenvalue weighted by molar-refractivity contribution is 0.581. The molecule has 0 spiro atoms. The van der Waals surface area contributed by atoms with Crippen LogP contribution in [0.4, 0.5) is 5.69 Å². The molecule has 0 heterocycles.